The van der Waals surface area contributed by atoms with Gasteiger partial charge in [0, 0.05) is 13.5 Å². The number of methoxy groups -OCH3 is 1. The number of benzene rings is 1. The van der Waals surface area contributed by atoms with Crippen LogP contribution < -0.4 is 0 Å². The first-order valence-electron chi connectivity index (χ1n) is 5.60. The van der Waals surface area contributed by atoms with E-state index in [0.29, 0.717) is 6.42 Å². The molecule has 88 valence electrons. The van der Waals surface area contributed by atoms with Crippen molar-refractivity contribution in [3.63, 3.8) is 0 Å². The van der Waals surface area contributed by atoms with Crippen molar-refractivity contribution in [2.45, 2.75) is 39.2 Å². The minimum atomic E-state index is -0.256. The molecule has 0 fully saturated rings. The van der Waals surface area contributed by atoms with E-state index in [2.05, 4.69) is 25.1 Å². The number of carbonyl (C=O) groups excluding carboxylic acids is 1. The van der Waals surface area contributed by atoms with Gasteiger partial charge in [-0.15, -0.1) is 0 Å². The third kappa shape index (κ3) is 2.92. The summed E-state index contributed by atoms with van der Waals surface area (Å²) in [4.78, 5) is 10.3. The first-order valence-corrected chi connectivity index (χ1v) is 5.60. The van der Waals surface area contributed by atoms with Crippen molar-refractivity contribution in [1.29, 1.82) is 0 Å². The molecule has 1 aromatic carbocycles. The highest BCUT2D eigenvalue weighted by atomic mass is 16.5. The molecule has 1 aromatic rings. The van der Waals surface area contributed by atoms with Crippen molar-refractivity contribution >= 4 is 6.29 Å². The average Bonchev–Trinajstić information content (AvgIpc) is 2.27. The van der Waals surface area contributed by atoms with Gasteiger partial charge in [0.25, 0.3) is 0 Å². The fourth-order valence-electron chi connectivity index (χ4n) is 1.68. The standard InChI is InChI=1S/C14H20O2/c1-11-10-13(14(2,3)16-4)8-7-12(11)6-5-9-15/h7-10H,5-6H2,1-4H3. The van der Waals surface area contributed by atoms with Gasteiger partial charge in [-0.25, -0.2) is 0 Å². The third-order valence-electron chi connectivity index (χ3n) is 3.08. The van der Waals surface area contributed by atoms with Crippen molar-refractivity contribution in [2.75, 3.05) is 7.11 Å². The molecular weight excluding hydrogens is 200 g/mol. The lowest BCUT2D eigenvalue weighted by atomic mass is 9.93. The Morgan fingerprint density at radius 1 is 1.38 bits per heavy atom. The van der Waals surface area contributed by atoms with Crippen LogP contribution in [-0.2, 0) is 21.6 Å². The first-order chi connectivity index (χ1) is 7.51. The average molecular weight is 220 g/mol. The van der Waals surface area contributed by atoms with E-state index in [1.54, 1.807) is 7.11 Å². The second kappa shape index (κ2) is 5.26. The molecule has 0 saturated heterocycles. The summed E-state index contributed by atoms with van der Waals surface area (Å²) in [5.74, 6) is 0. The van der Waals surface area contributed by atoms with E-state index in [9.17, 15) is 4.79 Å². The Morgan fingerprint density at radius 2 is 2.06 bits per heavy atom. The van der Waals surface area contributed by atoms with Gasteiger partial charge < -0.3 is 9.53 Å². The van der Waals surface area contributed by atoms with Gasteiger partial charge in [-0.1, -0.05) is 18.2 Å². The van der Waals surface area contributed by atoms with Crippen LogP contribution in [0.25, 0.3) is 0 Å². The van der Waals surface area contributed by atoms with Gasteiger partial charge in [0.15, 0.2) is 0 Å². The summed E-state index contributed by atoms with van der Waals surface area (Å²) in [6.45, 7) is 6.18. The molecule has 0 heterocycles. The molecule has 2 nitrogen and oxygen atoms in total. The van der Waals surface area contributed by atoms with Crippen molar-refractivity contribution in [3.8, 4) is 0 Å². The van der Waals surface area contributed by atoms with Crippen LogP contribution in [0, 0.1) is 6.92 Å². The van der Waals surface area contributed by atoms with Gasteiger partial charge in [-0.05, 0) is 43.9 Å². The van der Waals surface area contributed by atoms with E-state index in [-0.39, 0.29) is 5.60 Å². The van der Waals surface area contributed by atoms with Crippen LogP contribution in [0.5, 0.6) is 0 Å². The van der Waals surface area contributed by atoms with Crippen LogP contribution in [0.2, 0.25) is 0 Å². The number of aryl methyl sites for hydroxylation is 2. The third-order valence-corrected chi connectivity index (χ3v) is 3.08. The number of aldehydes is 1. The minimum Gasteiger partial charge on any atom is -0.374 e. The Labute approximate surface area is 97.6 Å². The Bertz CT molecular complexity index is 367. The summed E-state index contributed by atoms with van der Waals surface area (Å²) in [6, 6.07) is 6.31. The Kier molecular flexibility index (Phi) is 4.25. The molecule has 2 heteroatoms. The number of rotatable bonds is 5. The van der Waals surface area contributed by atoms with Gasteiger partial charge in [0.1, 0.15) is 6.29 Å². The van der Waals surface area contributed by atoms with E-state index in [0.717, 1.165) is 12.7 Å². The summed E-state index contributed by atoms with van der Waals surface area (Å²) in [5, 5.41) is 0. The van der Waals surface area contributed by atoms with Gasteiger partial charge in [-0.2, -0.15) is 0 Å². The maximum absolute atomic E-state index is 10.3. The topological polar surface area (TPSA) is 26.3 Å². The smallest absolute Gasteiger partial charge is 0.120 e. The number of hydrogen-bond acceptors (Lipinski definition) is 2. The van der Waals surface area contributed by atoms with Crippen LogP contribution >= 0.6 is 0 Å². The lowest BCUT2D eigenvalue weighted by molar-refractivity contribution is -0.107. The minimum absolute atomic E-state index is 0.256. The first kappa shape index (κ1) is 12.9. The Morgan fingerprint density at radius 3 is 2.56 bits per heavy atom. The molecular formula is C14H20O2. The number of ether oxygens (including phenoxy) is 1. The fourth-order valence-corrected chi connectivity index (χ4v) is 1.68. The van der Waals surface area contributed by atoms with Crippen molar-refractivity contribution in [3.05, 3.63) is 34.9 Å². The largest absolute Gasteiger partial charge is 0.374 e. The normalized spacial score (nSPS) is 11.5. The summed E-state index contributed by atoms with van der Waals surface area (Å²) < 4.78 is 5.44. The van der Waals surface area contributed by atoms with E-state index < -0.39 is 0 Å². The van der Waals surface area contributed by atoms with E-state index >= 15 is 0 Å². The zero-order chi connectivity index (χ0) is 12.2. The monoisotopic (exact) mass is 220 g/mol. The van der Waals surface area contributed by atoms with Crippen LogP contribution in [0.3, 0.4) is 0 Å². The molecule has 0 aliphatic carbocycles. The van der Waals surface area contributed by atoms with Gasteiger partial charge in [0.05, 0.1) is 5.60 Å². The lowest BCUT2D eigenvalue weighted by Gasteiger charge is -2.24. The summed E-state index contributed by atoms with van der Waals surface area (Å²) in [7, 11) is 1.72. The molecule has 0 aliphatic heterocycles. The second-order valence-corrected chi connectivity index (χ2v) is 4.56. The van der Waals surface area contributed by atoms with Crippen molar-refractivity contribution in [2.24, 2.45) is 0 Å². The molecule has 0 spiro atoms. The Balaban J connectivity index is 2.94. The van der Waals surface area contributed by atoms with Gasteiger partial charge in [-0.3, -0.25) is 0 Å². The highest BCUT2D eigenvalue weighted by molar-refractivity contribution is 5.50. The van der Waals surface area contributed by atoms with Crippen molar-refractivity contribution in [1.82, 2.24) is 0 Å². The lowest BCUT2D eigenvalue weighted by Crippen LogP contribution is -2.19. The molecule has 0 saturated carbocycles. The maximum Gasteiger partial charge on any atom is 0.120 e. The molecule has 1 rings (SSSR count). The molecule has 16 heavy (non-hydrogen) atoms. The Hall–Kier alpha value is -1.15. The molecule has 0 unspecified atom stereocenters. The maximum atomic E-state index is 10.3. The predicted octanol–water partition coefficient (Wildman–Crippen LogP) is 3.01. The van der Waals surface area contributed by atoms with E-state index in [1.165, 1.54) is 16.7 Å². The molecule has 0 aliphatic rings. The van der Waals surface area contributed by atoms with Crippen LogP contribution in [0.15, 0.2) is 18.2 Å². The SMILES string of the molecule is COC(C)(C)c1ccc(CCC=O)c(C)c1. The highest BCUT2D eigenvalue weighted by Gasteiger charge is 2.19. The van der Waals surface area contributed by atoms with Gasteiger partial charge in [0.2, 0.25) is 0 Å². The highest BCUT2D eigenvalue weighted by Crippen LogP contribution is 2.25. The summed E-state index contributed by atoms with van der Waals surface area (Å²) in [6.07, 6.45) is 2.38. The summed E-state index contributed by atoms with van der Waals surface area (Å²) >= 11 is 0. The molecule has 0 radical (unpaired) electrons. The van der Waals surface area contributed by atoms with E-state index in [4.69, 9.17) is 4.74 Å². The second-order valence-electron chi connectivity index (χ2n) is 4.56. The zero-order valence-corrected chi connectivity index (χ0v) is 10.5. The number of hydrogen-bond donors (Lipinski definition) is 0. The van der Waals surface area contributed by atoms with Crippen molar-refractivity contribution < 1.29 is 9.53 Å². The van der Waals surface area contributed by atoms with Gasteiger partial charge >= 0.3 is 0 Å². The molecule has 0 amide bonds. The molecule has 0 bridgehead atoms. The zero-order valence-electron chi connectivity index (χ0n) is 10.5. The number of carbonyl (C=O) groups is 1. The van der Waals surface area contributed by atoms with Crippen LogP contribution in [0.1, 0.15) is 37.0 Å². The predicted molar refractivity (Wildman–Crippen MR) is 65.6 cm³/mol. The quantitative estimate of drug-likeness (QED) is 0.713. The molecule has 0 atom stereocenters. The van der Waals surface area contributed by atoms with E-state index in [1.807, 2.05) is 13.8 Å². The fraction of sp³-hybridized carbons (Fsp3) is 0.500. The molecule has 0 N–H and O–H groups in total. The van der Waals surface area contributed by atoms with Crippen LogP contribution in [-0.4, -0.2) is 13.4 Å². The summed E-state index contributed by atoms with van der Waals surface area (Å²) in [5.41, 5.74) is 3.38. The van der Waals surface area contributed by atoms with Crippen LogP contribution in [0.4, 0.5) is 0 Å². The molecule has 0 aromatic heterocycles.